The van der Waals surface area contributed by atoms with E-state index in [1.54, 1.807) is 31.2 Å². The topological polar surface area (TPSA) is 86.8 Å². The van der Waals surface area contributed by atoms with Crippen molar-refractivity contribution >= 4 is 39.1 Å². The van der Waals surface area contributed by atoms with Gasteiger partial charge in [0, 0.05) is 17.6 Å². The van der Waals surface area contributed by atoms with E-state index in [1.165, 1.54) is 49.0 Å². The number of nitrogens with zero attached hydrogens (tertiary/aromatic N) is 2. The van der Waals surface area contributed by atoms with Crippen molar-refractivity contribution in [3.63, 3.8) is 0 Å². The zero-order valence-electron chi connectivity index (χ0n) is 24.5. The van der Waals surface area contributed by atoms with E-state index in [0.717, 1.165) is 33.9 Å². The van der Waals surface area contributed by atoms with Gasteiger partial charge in [-0.05, 0) is 118 Å². The number of amides is 2. The fourth-order valence-electron chi connectivity index (χ4n) is 7.83. The molecule has 1 N–H and O–H groups in total. The van der Waals surface area contributed by atoms with Gasteiger partial charge in [0.1, 0.15) is 12.6 Å². The molecule has 4 aliphatic carbocycles. The third-order valence-electron chi connectivity index (χ3n) is 9.35. The van der Waals surface area contributed by atoms with Crippen molar-refractivity contribution in [3.05, 3.63) is 64.7 Å². The molecule has 0 radical (unpaired) electrons. The summed E-state index contributed by atoms with van der Waals surface area (Å²) in [6, 6.07) is 14.0. The molecule has 9 heteroatoms. The molecule has 4 bridgehead atoms. The van der Waals surface area contributed by atoms with E-state index in [1.807, 2.05) is 26.0 Å². The molecular formula is C32H42ClN3O4S. The number of carbonyl (C=O) groups is 2. The third kappa shape index (κ3) is 6.59. The van der Waals surface area contributed by atoms with Gasteiger partial charge in [0.05, 0.1) is 11.9 Å². The molecule has 0 heterocycles. The first kappa shape index (κ1) is 29.9. The molecule has 1 atom stereocenters. The number of anilines is 1. The molecule has 4 saturated carbocycles. The summed E-state index contributed by atoms with van der Waals surface area (Å²) in [5.41, 5.74) is 2.74. The van der Waals surface area contributed by atoms with Crippen LogP contribution in [0.25, 0.3) is 0 Å². The van der Waals surface area contributed by atoms with Crippen LogP contribution in [0, 0.1) is 17.8 Å². The van der Waals surface area contributed by atoms with Crippen LogP contribution in [0.2, 0.25) is 5.02 Å². The predicted molar refractivity (Wildman–Crippen MR) is 163 cm³/mol. The smallest absolute Gasteiger partial charge is 0.244 e. The number of sulfonamides is 1. The Bertz CT molecular complexity index is 1340. The van der Waals surface area contributed by atoms with Gasteiger partial charge in [-0.25, -0.2) is 8.42 Å². The molecule has 2 aromatic rings. The molecule has 0 aliphatic heterocycles. The Morgan fingerprint density at radius 2 is 1.46 bits per heavy atom. The largest absolute Gasteiger partial charge is 0.352 e. The summed E-state index contributed by atoms with van der Waals surface area (Å²) in [6.45, 7) is 5.12. The van der Waals surface area contributed by atoms with Crippen LogP contribution in [0.5, 0.6) is 0 Å². The van der Waals surface area contributed by atoms with E-state index in [9.17, 15) is 18.0 Å². The Morgan fingerprint density at radius 3 is 1.95 bits per heavy atom. The highest BCUT2D eigenvalue weighted by atomic mass is 35.5. The van der Waals surface area contributed by atoms with Gasteiger partial charge >= 0.3 is 0 Å². The second-order valence-electron chi connectivity index (χ2n) is 13.0. The number of hydrogen-bond donors (Lipinski definition) is 1. The van der Waals surface area contributed by atoms with E-state index >= 15 is 0 Å². The second-order valence-corrected chi connectivity index (χ2v) is 15.3. The molecule has 2 aromatic carbocycles. The van der Waals surface area contributed by atoms with E-state index < -0.39 is 28.5 Å². The summed E-state index contributed by atoms with van der Waals surface area (Å²) >= 11 is 6.05. The maximum atomic E-state index is 13.8. The van der Waals surface area contributed by atoms with Crippen LogP contribution in [-0.2, 0) is 31.6 Å². The average molecular weight is 600 g/mol. The normalized spacial score (nSPS) is 25.7. The molecule has 1 unspecified atom stereocenters. The van der Waals surface area contributed by atoms with Crippen LogP contribution in [0.15, 0.2) is 48.5 Å². The van der Waals surface area contributed by atoms with Crippen molar-refractivity contribution < 1.29 is 18.0 Å². The molecule has 222 valence electrons. The zero-order valence-corrected chi connectivity index (χ0v) is 26.0. The number of rotatable bonds is 10. The molecule has 4 fully saturated rings. The summed E-state index contributed by atoms with van der Waals surface area (Å²) in [5, 5.41) is 3.43. The van der Waals surface area contributed by atoms with Crippen LogP contribution in [-0.4, -0.2) is 50.0 Å². The SMILES string of the molecule is CC(C)NC(=O)C(C)N(Cc1ccc(Cl)cc1)C(=O)CN(c1ccc(C23CC4CC(CC(C4)C2)C3)cc1)S(C)(=O)=O. The van der Waals surface area contributed by atoms with Gasteiger partial charge in [-0.15, -0.1) is 0 Å². The van der Waals surface area contributed by atoms with Crippen molar-refractivity contribution in [2.45, 2.75) is 83.3 Å². The van der Waals surface area contributed by atoms with Crippen molar-refractivity contribution in [3.8, 4) is 0 Å². The van der Waals surface area contributed by atoms with Crippen LogP contribution < -0.4 is 9.62 Å². The first-order valence-corrected chi connectivity index (χ1v) is 17.0. The second kappa shape index (κ2) is 11.6. The van der Waals surface area contributed by atoms with E-state index in [0.29, 0.717) is 10.7 Å². The average Bonchev–Trinajstić information content (AvgIpc) is 2.89. The number of nitrogens with one attached hydrogen (secondary N) is 1. The fourth-order valence-corrected chi connectivity index (χ4v) is 8.81. The minimum Gasteiger partial charge on any atom is -0.352 e. The van der Waals surface area contributed by atoms with E-state index in [-0.39, 0.29) is 23.9 Å². The highest BCUT2D eigenvalue weighted by Gasteiger charge is 2.51. The van der Waals surface area contributed by atoms with Gasteiger partial charge in [-0.1, -0.05) is 35.9 Å². The fraction of sp³-hybridized carbons (Fsp3) is 0.562. The molecule has 0 aromatic heterocycles. The third-order valence-corrected chi connectivity index (χ3v) is 10.7. The molecular weight excluding hydrogens is 558 g/mol. The van der Waals surface area contributed by atoms with Crippen LogP contribution >= 0.6 is 11.6 Å². The monoisotopic (exact) mass is 599 g/mol. The number of halogens is 1. The van der Waals surface area contributed by atoms with Crippen LogP contribution in [0.4, 0.5) is 5.69 Å². The molecule has 2 amide bonds. The minimum absolute atomic E-state index is 0.0996. The van der Waals surface area contributed by atoms with Crippen molar-refractivity contribution in [1.29, 1.82) is 0 Å². The van der Waals surface area contributed by atoms with Gasteiger partial charge in [0.15, 0.2) is 0 Å². The summed E-state index contributed by atoms with van der Waals surface area (Å²) in [4.78, 5) is 28.2. The molecule has 0 spiro atoms. The summed E-state index contributed by atoms with van der Waals surface area (Å²) in [7, 11) is -3.78. The van der Waals surface area contributed by atoms with Crippen LogP contribution in [0.3, 0.4) is 0 Å². The molecule has 6 rings (SSSR count). The zero-order chi connectivity index (χ0) is 29.5. The highest BCUT2D eigenvalue weighted by Crippen LogP contribution is 2.60. The molecule has 0 saturated heterocycles. The van der Waals surface area contributed by atoms with Crippen molar-refractivity contribution in [1.82, 2.24) is 10.2 Å². The Labute approximate surface area is 249 Å². The molecule has 41 heavy (non-hydrogen) atoms. The Kier molecular flexibility index (Phi) is 8.46. The summed E-state index contributed by atoms with van der Waals surface area (Å²) in [5.74, 6) is 1.68. The van der Waals surface area contributed by atoms with Crippen LogP contribution in [0.1, 0.15) is 70.4 Å². The standard InChI is InChI=1S/C32H42ClN3O4S/c1-21(2)34-31(38)22(3)35(19-23-5-9-28(33)10-6-23)30(37)20-36(41(4,39)40)29-11-7-27(8-12-29)32-16-24-13-25(17-32)15-26(14-24)18-32/h5-12,21-22,24-26H,13-20H2,1-4H3,(H,34,38). The predicted octanol–water partition coefficient (Wildman–Crippen LogP) is 5.52. The van der Waals surface area contributed by atoms with Gasteiger partial charge in [-0.2, -0.15) is 0 Å². The highest BCUT2D eigenvalue weighted by molar-refractivity contribution is 7.92. The molecule has 7 nitrogen and oxygen atoms in total. The Morgan fingerprint density at radius 1 is 0.927 bits per heavy atom. The Hall–Kier alpha value is -2.58. The maximum absolute atomic E-state index is 13.8. The quantitative estimate of drug-likeness (QED) is 0.390. The summed E-state index contributed by atoms with van der Waals surface area (Å²) in [6.07, 6.45) is 8.88. The van der Waals surface area contributed by atoms with Gasteiger partial charge in [0.25, 0.3) is 0 Å². The number of carbonyl (C=O) groups excluding carboxylic acids is 2. The Balaban J connectivity index is 1.38. The number of benzene rings is 2. The van der Waals surface area contributed by atoms with Crippen molar-refractivity contribution in [2.75, 3.05) is 17.1 Å². The maximum Gasteiger partial charge on any atom is 0.244 e. The van der Waals surface area contributed by atoms with Gasteiger partial charge < -0.3 is 10.2 Å². The number of hydrogen-bond acceptors (Lipinski definition) is 4. The van der Waals surface area contributed by atoms with Gasteiger partial charge in [-0.3, -0.25) is 13.9 Å². The minimum atomic E-state index is -3.78. The molecule has 4 aliphatic rings. The first-order valence-electron chi connectivity index (χ1n) is 14.8. The lowest BCUT2D eigenvalue weighted by molar-refractivity contribution is -0.139. The van der Waals surface area contributed by atoms with Crippen molar-refractivity contribution in [2.24, 2.45) is 17.8 Å². The lowest BCUT2D eigenvalue weighted by Crippen LogP contribution is -2.52. The first-order chi connectivity index (χ1) is 19.3. The summed E-state index contributed by atoms with van der Waals surface area (Å²) < 4.78 is 27.2. The van der Waals surface area contributed by atoms with E-state index in [2.05, 4.69) is 17.4 Å². The van der Waals surface area contributed by atoms with Gasteiger partial charge in [0.2, 0.25) is 21.8 Å². The van der Waals surface area contributed by atoms with E-state index in [4.69, 9.17) is 11.6 Å². The lowest BCUT2D eigenvalue weighted by Gasteiger charge is -2.57. The lowest BCUT2D eigenvalue weighted by atomic mass is 9.48.